The molecule has 0 bridgehead atoms. The number of carbonyl (C=O) groups excluding carboxylic acids is 1. The minimum atomic E-state index is -0.876. The van der Waals surface area contributed by atoms with Crippen LogP contribution in [0.25, 0.3) is 0 Å². The van der Waals surface area contributed by atoms with E-state index in [1.54, 1.807) is 7.05 Å². The number of methoxy groups -OCH3 is 1. The molecule has 0 spiro atoms. The van der Waals surface area contributed by atoms with Crippen molar-refractivity contribution in [3.05, 3.63) is 39.7 Å². The largest absolute Gasteiger partial charge is 0.468 e. The number of halogens is 1. The van der Waals surface area contributed by atoms with Gasteiger partial charge in [-0.15, -0.1) is 0 Å². The molecule has 98 valence electrons. The third kappa shape index (κ3) is 3.49. The Kier molecular flexibility index (Phi) is 4.73. The fraction of sp³-hybridized carbons (Fsp3) is 0.364. The smallest absolute Gasteiger partial charge is 0.319 e. The van der Waals surface area contributed by atoms with Gasteiger partial charge in [0.2, 0.25) is 5.82 Å². The van der Waals surface area contributed by atoms with E-state index in [1.165, 1.54) is 24.1 Å². The maximum atomic E-state index is 13.7. The van der Waals surface area contributed by atoms with Crippen LogP contribution in [0.2, 0.25) is 0 Å². The molecule has 0 aliphatic heterocycles. The zero-order chi connectivity index (χ0) is 13.7. The Hall–Kier alpha value is -2.02. The van der Waals surface area contributed by atoms with Gasteiger partial charge in [-0.05, 0) is 7.05 Å². The first-order valence-electron chi connectivity index (χ1n) is 5.13. The maximum Gasteiger partial charge on any atom is 0.319 e. The molecule has 0 heterocycles. The zero-order valence-corrected chi connectivity index (χ0v) is 10.1. The predicted octanol–water partition coefficient (Wildman–Crippen LogP) is 1.34. The van der Waals surface area contributed by atoms with Gasteiger partial charge in [0, 0.05) is 18.2 Å². The molecule has 7 heteroatoms. The minimum absolute atomic E-state index is 0.0152. The summed E-state index contributed by atoms with van der Waals surface area (Å²) in [6.07, 6.45) is 0. The number of carbonyl (C=O) groups is 1. The number of ether oxygens (including phenoxy) is 1. The lowest BCUT2D eigenvalue weighted by molar-refractivity contribution is -0.387. The van der Waals surface area contributed by atoms with E-state index in [0.717, 1.165) is 6.07 Å². The van der Waals surface area contributed by atoms with Crippen LogP contribution in [0.3, 0.4) is 0 Å². The van der Waals surface area contributed by atoms with Crippen molar-refractivity contribution in [2.24, 2.45) is 0 Å². The Morgan fingerprint density at radius 1 is 1.56 bits per heavy atom. The zero-order valence-electron chi connectivity index (χ0n) is 10.1. The van der Waals surface area contributed by atoms with Gasteiger partial charge >= 0.3 is 11.7 Å². The van der Waals surface area contributed by atoms with Crippen molar-refractivity contribution in [3.8, 4) is 0 Å². The lowest BCUT2D eigenvalue weighted by atomic mass is 10.1. The highest BCUT2D eigenvalue weighted by molar-refractivity contribution is 5.71. The van der Waals surface area contributed by atoms with E-state index in [9.17, 15) is 19.3 Å². The van der Waals surface area contributed by atoms with E-state index in [1.807, 2.05) is 0 Å². The van der Waals surface area contributed by atoms with Crippen LogP contribution < -0.4 is 0 Å². The average Bonchev–Trinajstić information content (AvgIpc) is 2.31. The van der Waals surface area contributed by atoms with Gasteiger partial charge in [0.1, 0.15) is 0 Å². The molecule has 18 heavy (non-hydrogen) atoms. The maximum absolute atomic E-state index is 13.7. The van der Waals surface area contributed by atoms with Crippen LogP contribution in [0.1, 0.15) is 5.56 Å². The van der Waals surface area contributed by atoms with E-state index in [0.29, 0.717) is 0 Å². The molecule has 0 aliphatic rings. The second-order valence-corrected chi connectivity index (χ2v) is 3.76. The van der Waals surface area contributed by atoms with E-state index in [2.05, 4.69) is 4.74 Å². The molecule has 1 aromatic rings. The van der Waals surface area contributed by atoms with Gasteiger partial charge in [0.15, 0.2) is 0 Å². The fourth-order valence-corrected chi connectivity index (χ4v) is 1.46. The van der Waals surface area contributed by atoms with Gasteiger partial charge in [-0.25, -0.2) is 0 Å². The fourth-order valence-electron chi connectivity index (χ4n) is 1.46. The summed E-state index contributed by atoms with van der Waals surface area (Å²) in [5.74, 6) is -1.33. The summed E-state index contributed by atoms with van der Waals surface area (Å²) in [6, 6.07) is 3.94. The number of esters is 1. The van der Waals surface area contributed by atoms with Gasteiger partial charge in [0.05, 0.1) is 18.6 Å². The molecule has 0 aromatic heterocycles. The van der Waals surface area contributed by atoms with Crippen LogP contribution in [-0.4, -0.2) is 36.5 Å². The molecule has 0 aliphatic carbocycles. The summed E-state index contributed by atoms with van der Waals surface area (Å²) in [5, 5.41) is 10.6. The molecule has 0 atom stereocenters. The molecule has 0 unspecified atom stereocenters. The summed E-state index contributed by atoms with van der Waals surface area (Å²) in [7, 11) is 2.85. The Labute approximate surface area is 103 Å². The number of hydrogen-bond donors (Lipinski definition) is 0. The van der Waals surface area contributed by atoms with Crippen LogP contribution >= 0.6 is 0 Å². The van der Waals surface area contributed by atoms with E-state index >= 15 is 0 Å². The van der Waals surface area contributed by atoms with E-state index in [-0.39, 0.29) is 18.7 Å². The monoisotopic (exact) mass is 256 g/mol. The Morgan fingerprint density at radius 2 is 2.22 bits per heavy atom. The van der Waals surface area contributed by atoms with Gasteiger partial charge in [-0.1, -0.05) is 12.1 Å². The van der Waals surface area contributed by atoms with Crippen LogP contribution in [-0.2, 0) is 16.1 Å². The molecule has 0 fully saturated rings. The summed E-state index contributed by atoms with van der Waals surface area (Å²) >= 11 is 0. The Bertz CT molecular complexity index is 464. The molecule has 0 amide bonds. The first kappa shape index (κ1) is 14.0. The van der Waals surface area contributed by atoms with Gasteiger partial charge in [0.25, 0.3) is 0 Å². The van der Waals surface area contributed by atoms with Crippen LogP contribution in [0, 0.1) is 15.9 Å². The molecule has 0 radical (unpaired) electrons. The minimum Gasteiger partial charge on any atom is -0.468 e. The standard InChI is InChI=1S/C11H13FN2O4/c1-13(7-10(15)18-2)6-8-4-3-5-9(11(8)12)14(16)17/h3-5H,6-7H2,1-2H3. The molecular formula is C11H13FN2O4. The Morgan fingerprint density at radius 3 is 2.78 bits per heavy atom. The summed E-state index contributed by atoms with van der Waals surface area (Å²) < 4.78 is 18.2. The first-order chi connectivity index (χ1) is 8.45. The van der Waals surface area contributed by atoms with Crippen LogP contribution in [0.5, 0.6) is 0 Å². The predicted molar refractivity (Wildman–Crippen MR) is 61.4 cm³/mol. The number of nitro groups is 1. The summed E-state index contributed by atoms with van der Waals surface area (Å²) in [4.78, 5) is 22.3. The van der Waals surface area contributed by atoms with E-state index in [4.69, 9.17) is 0 Å². The number of hydrogen-bond acceptors (Lipinski definition) is 5. The Balaban J connectivity index is 2.82. The van der Waals surface area contributed by atoms with Crippen molar-refractivity contribution in [1.82, 2.24) is 4.90 Å². The molecule has 0 saturated carbocycles. The molecule has 0 N–H and O–H groups in total. The van der Waals surface area contributed by atoms with Crippen molar-refractivity contribution in [2.45, 2.75) is 6.54 Å². The molecule has 1 aromatic carbocycles. The van der Waals surface area contributed by atoms with Gasteiger partial charge < -0.3 is 4.74 Å². The first-order valence-corrected chi connectivity index (χ1v) is 5.13. The highest BCUT2D eigenvalue weighted by Gasteiger charge is 2.18. The highest BCUT2D eigenvalue weighted by Crippen LogP contribution is 2.20. The molecule has 1 rings (SSSR count). The van der Waals surface area contributed by atoms with Crippen molar-refractivity contribution in [2.75, 3.05) is 20.7 Å². The van der Waals surface area contributed by atoms with Crippen LogP contribution in [0.4, 0.5) is 10.1 Å². The normalized spacial score (nSPS) is 10.4. The average molecular weight is 256 g/mol. The third-order valence-electron chi connectivity index (χ3n) is 2.32. The third-order valence-corrected chi connectivity index (χ3v) is 2.32. The van der Waals surface area contributed by atoms with Crippen molar-refractivity contribution >= 4 is 11.7 Å². The summed E-state index contributed by atoms with van der Waals surface area (Å²) in [5.41, 5.74) is -0.408. The number of rotatable bonds is 5. The summed E-state index contributed by atoms with van der Waals surface area (Å²) in [6.45, 7) is 0.0707. The molecular weight excluding hydrogens is 243 g/mol. The second-order valence-electron chi connectivity index (χ2n) is 3.76. The lowest BCUT2D eigenvalue weighted by Crippen LogP contribution is -2.26. The SMILES string of the molecule is COC(=O)CN(C)Cc1cccc([N+](=O)[O-])c1F. The number of benzene rings is 1. The van der Waals surface area contributed by atoms with Crippen LogP contribution in [0.15, 0.2) is 18.2 Å². The van der Waals surface area contributed by atoms with Gasteiger partial charge in [-0.3, -0.25) is 19.8 Å². The number of nitro benzene ring substituents is 1. The van der Waals surface area contributed by atoms with Gasteiger partial charge in [-0.2, -0.15) is 4.39 Å². The lowest BCUT2D eigenvalue weighted by Gasteiger charge is -2.15. The van der Waals surface area contributed by atoms with E-state index < -0.39 is 22.4 Å². The highest BCUT2D eigenvalue weighted by atomic mass is 19.1. The van der Waals surface area contributed by atoms with Crippen molar-refractivity contribution < 1.29 is 18.8 Å². The molecule has 6 nitrogen and oxygen atoms in total. The van der Waals surface area contributed by atoms with Crippen molar-refractivity contribution in [1.29, 1.82) is 0 Å². The topological polar surface area (TPSA) is 72.7 Å². The number of likely N-dealkylation sites (N-methyl/N-ethyl adjacent to an activating group) is 1. The molecule has 0 saturated heterocycles. The second kappa shape index (κ2) is 6.06. The van der Waals surface area contributed by atoms with Crippen molar-refractivity contribution in [3.63, 3.8) is 0 Å². The quantitative estimate of drug-likeness (QED) is 0.451. The number of nitrogens with zero attached hydrogens (tertiary/aromatic N) is 2.